The Morgan fingerprint density at radius 1 is 1.18 bits per heavy atom. The van der Waals surface area contributed by atoms with Gasteiger partial charge in [-0.2, -0.15) is 0 Å². The molecular weight excluding hydrogens is 276 g/mol. The minimum atomic E-state index is 0.237. The van der Waals surface area contributed by atoms with E-state index in [1.165, 1.54) is 12.0 Å². The molecule has 1 aliphatic heterocycles. The van der Waals surface area contributed by atoms with E-state index in [0.717, 1.165) is 36.3 Å². The van der Waals surface area contributed by atoms with E-state index in [0.29, 0.717) is 12.6 Å². The van der Waals surface area contributed by atoms with Crippen LogP contribution in [-0.2, 0) is 6.42 Å². The van der Waals surface area contributed by atoms with Crippen LogP contribution >= 0.6 is 0 Å². The van der Waals surface area contributed by atoms with Crippen LogP contribution in [0.25, 0.3) is 11.1 Å². The molecule has 0 aliphatic carbocycles. The Labute approximate surface area is 131 Å². The summed E-state index contributed by atoms with van der Waals surface area (Å²) in [5.74, 6) is 0.815. The van der Waals surface area contributed by atoms with E-state index < -0.39 is 0 Å². The number of aromatic nitrogens is 1. The summed E-state index contributed by atoms with van der Waals surface area (Å²) in [6, 6.07) is 10.9. The monoisotopic (exact) mass is 298 g/mol. The van der Waals surface area contributed by atoms with E-state index in [4.69, 9.17) is 9.84 Å². The van der Waals surface area contributed by atoms with Crippen LogP contribution in [0.15, 0.2) is 42.7 Å². The van der Waals surface area contributed by atoms with Gasteiger partial charge in [-0.05, 0) is 43.0 Å². The summed E-state index contributed by atoms with van der Waals surface area (Å²) in [6.45, 7) is 2.03. The van der Waals surface area contributed by atoms with E-state index in [2.05, 4.69) is 34.6 Å². The number of nitrogens with one attached hydrogen (secondary N) is 1. The summed E-state index contributed by atoms with van der Waals surface area (Å²) < 4.78 is 5.80. The number of aryl methyl sites for hydroxylation is 1. The second kappa shape index (κ2) is 7.38. The minimum Gasteiger partial charge on any atom is -0.490 e. The van der Waals surface area contributed by atoms with Gasteiger partial charge in [-0.15, -0.1) is 0 Å². The zero-order valence-corrected chi connectivity index (χ0v) is 12.7. The normalized spacial score (nSPS) is 17.0. The molecule has 0 saturated carbocycles. The lowest BCUT2D eigenvalue weighted by atomic mass is 10.0. The van der Waals surface area contributed by atoms with E-state index in [9.17, 15) is 0 Å². The van der Waals surface area contributed by atoms with Crippen molar-refractivity contribution < 1.29 is 9.84 Å². The van der Waals surface area contributed by atoms with Crippen LogP contribution < -0.4 is 10.1 Å². The predicted molar refractivity (Wildman–Crippen MR) is 87.0 cm³/mol. The van der Waals surface area contributed by atoms with Crippen molar-refractivity contribution in [3.63, 3.8) is 0 Å². The van der Waals surface area contributed by atoms with Crippen LogP contribution in [0, 0.1) is 0 Å². The Morgan fingerprint density at radius 3 is 2.68 bits per heavy atom. The molecular formula is C18H22N2O2. The van der Waals surface area contributed by atoms with Crippen LogP contribution in [0.1, 0.15) is 18.4 Å². The van der Waals surface area contributed by atoms with Gasteiger partial charge in [-0.1, -0.05) is 24.3 Å². The molecule has 0 amide bonds. The SMILES string of the molecule is OCCCc1ccc(-c2cncc(OCC3CCN3)c2)cc1. The molecule has 4 nitrogen and oxygen atoms in total. The van der Waals surface area contributed by atoms with E-state index in [1.54, 1.807) is 6.20 Å². The van der Waals surface area contributed by atoms with Crippen molar-refractivity contribution in [2.45, 2.75) is 25.3 Å². The Balaban J connectivity index is 1.65. The highest BCUT2D eigenvalue weighted by Crippen LogP contribution is 2.23. The van der Waals surface area contributed by atoms with E-state index in [-0.39, 0.29) is 6.61 Å². The number of ether oxygens (including phenoxy) is 1. The molecule has 2 aromatic rings. The third kappa shape index (κ3) is 3.84. The van der Waals surface area contributed by atoms with Crippen molar-refractivity contribution in [3.8, 4) is 16.9 Å². The fraction of sp³-hybridized carbons (Fsp3) is 0.389. The lowest BCUT2D eigenvalue weighted by Crippen LogP contribution is -2.46. The van der Waals surface area contributed by atoms with Crippen molar-refractivity contribution in [1.29, 1.82) is 0 Å². The first kappa shape index (κ1) is 15.0. The molecule has 22 heavy (non-hydrogen) atoms. The average Bonchev–Trinajstić information content (AvgIpc) is 2.52. The quantitative estimate of drug-likeness (QED) is 0.824. The predicted octanol–water partition coefficient (Wildman–Crippen LogP) is 2.41. The van der Waals surface area contributed by atoms with Gasteiger partial charge in [0.05, 0.1) is 6.20 Å². The first-order chi connectivity index (χ1) is 10.8. The number of nitrogens with zero attached hydrogens (tertiary/aromatic N) is 1. The molecule has 3 rings (SSSR count). The highest BCUT2D eigenvalue weighted by molar-refractivity contribution is 5.64. The number of benzene rings is 1. The van der Waals surface area contributed by atoms with Crippen LogP contribution in [0.5, 0.6) is 5.75 Å². The van der Waals surface area contributed by atoms with Crippen LogP contribution in [0.4, 0.5) is 0 Å². The van der Waals surface area contributed by atoms with Gasteiger partial charge in [-0.3, -0.25) is 4.98 Å². The maximum Gasteiger partial charge on any atom is 0.138 e. The molecule has 0 bridgehead atoms. The fourth-order valence-electron chi connectivity index (χ4n) is 2.49. The summed E-state index contributed by atoms with van der Waals surface area (Å²) in [6.07, 6.45) is 6.52. The highest BCUT2D eigenvalue weighted by atomic mass is 16.5. The second-order valence-electron chi connectivity index (χ2n) is 5.68. The minimum absolute atomic E-state index is 0.237. The maximum atomic E-state index is 8.88. The zero-order valence-electron chi connectivity index (χ0n) is 12.7. The molecule has 1 aliphatic rings. The molecule has 2 N–H and O–H groups in total. The van der Waals surface area contributed by atoms with Gasteiger partial charge >= 0.3 is 0 Å². The van der Waals surface area contributed by atoms with E-state index >= 15 is 0 Å². The molecule has 1 atom stereocenters. The zero-order chi connectivity index (χ0) is 15.2. The lowest BCUT2D eigenvalue weighted by molar-refractivity contribution is 0.217. The summed E-state index contributed by atoms with van der Waals surface area (Å²) in [5.41, 5.74) is 3.44. The molecule has 0 spiro atoms. The first-order valence-corrected chi connectivity index (χ1v) is 7.86. The standard InChI is InChI=1S/C18H22N2O2/c21-9-1-2-14-3-5-15(6-4-14)16-10-18(12-19-11-16)22-13-17-7-8-20-17/h3-6,10-12,17,20-21H,1-2,7-9,13H2. The van der Waals surface area contributed by atoms with Crippen molar-refractivity contribution >= 4 is 0 Å². The number of rotatable bonds is 7. The summed E-state index contributed by atoms with van der Waals surface area (Å²) in [7, 11) is 0. The third-order valence-electron chi connectivity index (χ3n) is 4.00. The van der Waals surface area contributed by atoms with Gasteiger partial charge in [0.15, 0.2) is 0 Å². The Bertz CT molecular complexity index is 594. The van der Waals surface area contributed by atoms with E-state index in [1.807, 2.05) is 12.3 Å². The van der Waals surface area contributed by atoms with Crippen molar-refractivity contribution in [1.82, 2.24) is 10.3 Å². The highest BCUT2D eigenvalue weighted by Gasteiger charge is 2.16. The van der Waals surface area contributed by atoms with Gasteiger partial charge in [-0.25, -0.2) is 0 Å². The summed E-state index contributed by atoms with van der Waals surface area (Å²) in [4.78, 5) is 4.28. The third-order valence-corrected chi connectivity index (χ3v) is 4.00. The number of hydrogen-bond donors (Lipinski definition) is 2. The molecule has 0 radical (unpaired) electrons. The molecule has 1 aromatic carbocycles. The van der Waals surface area contributed by atoms with Crippen LogP contribution in [-0.4, -0.2) is 35.9 Å². The average molecular weight is 298 g/mol. The number of pyridine rings is 1. The molecule has 1 fully saturated rings. The van der Waals surface area contributed by atoms with Crippen LogP contribution in [0.2, 0.25) is 0 Å². The van der Waals surface area contributed by atoms with Gasteiger partial charge in [0.25, 0.3) is 0 Å². The molecule has 4 heteroatoms. The number of aliphatic hydroxyl groups is 1. The van der Waals surface area contributed by atoms with Crippen molar-refractivity contribution in [2.24, 2.45) is 0 Å². The maximum absolute atomic E-state index is 8.88. The number of hydrogen-bond acceptors (Lipinski definition) is 4. The van der Waals surface area contributed by atoms with Crippen molar-refractivity contribution in [2.75, 3.05) is 19.8 Å². The van der Waals surface area contributed by atoms with Gasteiger partial charge in [0.2, 0.25) is 0 Å². The molecule has 1 aromatic heterocycles. The molecule has 1 saturated heterocycles. The molecule has 116 valence electrons. The van der Waals surface area contributed by atoms with Crippen molar-refractivity contribution in [3.05, 3.63) is 48.3 Å². The van der Waals surface area contributed by atoms with Crippen LogP contribution in [0.3, 0.4) is 0 Å². The lowest BCUT2D eigenvalue weighted by Gasteiger charge is -2.27. The van der Waals surface area contributed by atoms with Gasteiger partial charge < -0.3 is 15.2 Å². The topological polar surface area (TPSA) is 54.4 Å². The summed E-state index contributed by atoms with van der Waals surface area (Å²) >= 11 is 0. The Kier molecular flexibility index (Phi) is 5.03. The van der Waals surface area contributed by atoms with Gasteiger partial charge in [0, 0.05) is 24.4 Å². The Hall–Kier alpha value is -1.91. The van der Waals surface area contributed by atoms with Gasteiger partial charge in [0.1, 0.15) is 12.4 Å². The smallest absolute Gasteiger partial charge is 0.138 e. The number of aliphatic hydroxyl groups excluding tert-OH is 1. The molecule has 1 unspecified atom stereocenters. The summed E-state index contributed by atoms with van der Waals surface area (Å²) in [5, 5.41) is 12.2. The fourth-order valence-corrected chi connectivity index (χ4v) is 2.49. The second-order valence-corrected chi connectivity index (χ2v) is 5.68. The largest absolute Gasteiger partial charge is 0.490 e. The molecule has 2 heterocycles. The first-order valence-electron chi connectivity index (χ1n) is 7.86. The Morgan fingerprint density at radius 2 is 2.00 bits per heavy atom.